The molecule has 0 radical (unpaired) electrons. The number of nitrogens with one attached hydrogen (secondary N) is 1. The molecule has 0 saturated carbocycles. The van der Waals surface area contributed by atoms with Gasteiger partial charge in [-0.05, 0) is 26.3 Å². The molecule has 3 rings (SSSR count). The standard InChI is InChI=1S/C15H24N4OS.3ClH/c1-12-17-13(11-21-12)10-18-6-8-19(9-7-18)15(20)14-4-2-3-5-16-14;;;/h11,14,16H,2-10H2,1H3;3*1H/t14-;;;/m0.../s1. The molecular weight excluding hydrogens is 391 g/mol. The Labute approximate surface area is 166 Å². The minimum Gasteiger partial charge on any atom is -0.339 e. The Kier molecular flexibility index (Phi) is 11.4. The molecule has 2 fully saturated rings. The summed E-state index contributed by atoms with van der Waals surface area (Å²) in [5, 5.41) is 6.62. The zero-order chi connectivity index (χ0) is 14.7. The minimum absolute atomic E-state index is 0. The van der Waals surface area contributed by atoms with Gasteiger partial charge in [-0.1, -0.05) is 6.42 Å². The van der Waals surface area contributed by atoms with Crippen LogP contribution in [0.25, 0.3) is 0 Å². The van der Waals surface area contributed by atoms with Crippen molar-refractivity contribution in [1.82, 2.24) is 20.1 Å². The van der Waals surface area contributed by atoms with Gasteiger partial charge in [0.25, 0.3) is 0 Å². The Morgan fingerprint density at radius 2 is 1.96 bits per heavy atom. The van der Waals surface area contributed by atoms with E-state index < -0.39 is 0 Å². The molecular formula is C15H27Cl3N4OS. The monoisotopic (exact) mass is 416 g/mol. The van der Waals surface area contributed by atoms with Crippen LogP contribution in [0.1, 0.15) is 30.0 Å². The second-order valence-corrected chi connectivity index (χ2v) is 7.02. The van der Waals surface area contributed by atoms with Gasteiger partial charge in [0, 0.05) is 38.1 Å². The van der Waals surface area contributed by atoms with Crippen molar-refractivity contribution in [3.63, 3.8) is 0 Å². The molecule has 0 unspecified atom stereocenters. The number of halogens is 3. The lowest BCUT2D eigenvalue weighted by atomic mass is 10.0. The predicted octanol–water partition coefficient (Wildman–Crippen LogP) is 2.50. The van der Waals surface area contributed by atoms with E-state index in [0.717, 1.165) is 56.4 Å². The van der Waals surface area contributed by atoms with Crippen LogP contribution in [0.3, 0.4) is 0 Å². The molecule has 0 spiro atoms. The van der Waals surface area contributed by atoms with Crippen LogP contribution in [0.2, 0.25) is 0 Å². The Balaban J connectivity index is 0.00000176. The first-order chi connectivity index (χ1) is 10.2. The number of thiazole rings is 1. The molecule has 1 N–H and O–H groups in total. The minimum atomic E-state index is 0. The predicted molar refractivity (Wildman–Crippen MR) is 106 cm³/mol. The maximum Gasteiger partial charge on any atom is 0.239 e. The lowest BCUT2D eigenvalue weighted by Crippen LogP contribution is -2.54. The molecule has 3 heterocycles. The van der Waals surface area contributed by atoms with Crippen molar-refractivity contribution in [2.75, 3.05) is 32.7 Å². The average Bonchev–Trinajstić information content (AvgIpc) is 2.93. The SMILES string of the molecule is Cc1nc(CN2CCN(C(=O)[C@@H]3CCCCN3)CC2)cs1.Cl.Cl.Cl. The summed E-state index contributed by atoms with van der Waals surface area (Å²) in [6.07, 6.45) is 3.37. The number of piperazine rings is 1. The van der Waals surface area contributed by atoms with Crippen molar-refractivity contribution in [1.29, 1.82) is 0 Å². The fourth-order valence-corrected chi connectivity index (χ4v) is 3.72. The highest BCUT2D eigenvalue weighted by Crippen LogP contribution is 2.14. The summed E-state index contributed by atoms with van der Waals surface area (Å²) < 4.78 is 0. The first kappa shape index (κ1) is 23.9. The Morgan fingerprint density at radius 1 is 1.25 bits per heavy atom. The Bertz CT molecular complexity index is 489. The Hall–Kier alpha value is -0.110. The van der Waals surface area contributed by atoms with E-state index in [1.54, 1.807) is 11.3 Å². The number of piperidine rings is 1. The molecule has 2 saturated heterocycles. The van der Waals surface area contributed by atoms with Gasteiger partial charge in [0.15, 0.2) is 0 Å². The van der Waals surface area contributed by atoms with Crippen LogP contribution in [0.15, 0.2) is 5.38 Å². The van der Waals surface area contributed by atoms with Gasteiger partial charge in [-0.3, -0.25) is 9.69 Å². The molecule has 1 amide bonds. The van der Waals surface area contributed by atoms with Gasteiger partial charge in [-0.15, -0.1) is 48.6 Å². The first-order valence-corrected chi connectivity index (χ1v) is 8.76. The molecule has 2 aliphatic rings. The molecule has 0 aliphatic carbocycles. The number of aromatic nitrogens is 1. The topological polar surface area (TPSA) is 48.5 Å². The number of carbonyl (C=O) groups is 1. The molecule has 5 nitrogen and oxygen atoms in total. The third-order valence-corrected chi connectivity index (χ3v) is 5.17. The van der Waals surface area contributed by atoms with Crippen LogP contribution in [0, 0.1) is 6.92 Å². The number of carbonyl (C=O) groups excluding carboxylic acids is 1. The zero-order valence-electron chi connectivity index (χ0n) is 13.9. The van der Waals surface area contributed by atoms with E-state index >= 15 is 0 Å². The van der Waals surface area contributed by atoms with E-state index in [4.69, 9.17) is 0 Å². The van der Waals surface area contributed by atoms with Gasteiger partial charge in [-0.2, -0.15) is 0 Å². The first-order valence-electron chi connectivity index (χ1n) is 7.88. The quantitative estimate of drug-likeness (QED) is 0.821. The maximum absolute atomic E-state index is 12.5. The lowest BCUT2D eigenvalue weighted by Gasteiger charge is -2.37. The van der Waals surface area contributed by atoms with E-state index in [1.165, 1.54) is 12.8 Å². The van der Waals surface area contributed by atoms with Gasteiger partial charge in [0.05, 0.1) is 16.7 Å². The number of amides is 1. The van der Waals surface area contributed by atoms with Gasteiger partial charge in [0.1, 0.15) is 0 Å². The summed E-state index contributed by atoms with van der Waals surface area (Å²) in [6, 6.07) is 0.0616. The number of nitrogens with zero attached hydrogens (tertiary/aromatic N) is 3. The summed E-state index contributed by atoms with van der Waals surface area (Å²) in [6.45, 7) is 7.54. The van der Waals surface area contributed by atoms with Crippen LogP contribution in [-0.4, -0.2) is 59.5 Å². The number of hydrogen-bond acceptors (Lipinski definition) is 5. The third kappa shape index (κ3) is 6.32. The van der Waals surface area contributed by atoms with Crippen molar-refractivity contribution in [2.24, 2.45) is 0 Å². The van der Waals surface area contributed by atoms with Crippen molar-refractivity contribution in [3.8, 4) is 0 Å². The van der Waals surface area contributed by atoms with Crippen molar-refractivity contribution < 1.29 is 4.79 Å². The summed E-state index contributed by atoms with van der Waals surface area (Å²) in [5.74, 6) is 0.304. The number of rotatable bonds is 3. The highest BCUT2D eigenvalue weighted by Gasteiger charge is 2.28. The molecule has 2 aliphatic heterocycles. The second-order valence-electron chi connectivity index (χ2n) is 5.96. The van der Waals surface area contributed by atoms with Gasteiger partial charge >= 0.3 is 0 Å². The maximum atomic E-state index is 12.5. The molecule has 1 aromatic heterocycles. The second kappa shape index (κ2) is 11.5. The summed E-state index contributed by atoms with van der Waals surface area (Å²) in [5.41, 5.74) is 1.16. The molecule has 0 bridgehead atoms. The third-order valence-electron chi connectivity index (χ3n) is 4.34. The highest BCUT2D eigenvalue weighted by atomic mass is 35.5. The van der Waals surface area contributed by atoms with E-state index in [2.05, 4.69) is 20.6 Å². The molecule has 1 atom stereocenters. The zero-order valence-corrected chi connectivity index (χ0v) is 17.2. The number of aryl methyl sites for hydroxylation is 1. The van der Waals surface area contributed by atoms with Crippen LogP contribution in [0.5, 0.6) is 0 Å². The van der Waals surface area contributed by atoms with Gasteiger partial charge < -0.3 is 10.2 Å². The highest BCUT2D eigenvalue weighted by molar-refractivity contribution is 7.09. The number of hydrogen-bond donors (Lipinski definition) is 1. The van der Waals surface area contributed by atoms with Crippen LogP contribution in [0.4, 0.5) is 0 Å². The van der Waals surface area contributed by atoms with Crippen molar-refractivity contribution in [2.45, 2.75) is 38.8 Å². The summed E-state index contributed by atoms with van der Waals surface area (Å²) in [4.78, 5) is 21.4. The lowest BCUT2D eigenvalue weighted by molar-refractivity contribution is -0.135. The largest absolute Gasteiger partial charge is 0.339 e. The molecule has 1 aromatic rings. The fourth-order valence-electron chi connectivity index (χ4n) is 3.12. The normalized spacial score (nSPS) is 21.2. The van der Waals surface area contributed by atoms with E-state index in [1.807, 2.05) is 11.8 Å². The van der Waals surface area contributed by atoms with Crippen molar-refractivity contribution in [3.05, 3.63) is 16.1 Å². The van der Waals surface area contributed by atoms with Crippen LogP contribution < -0.4 is 5.32 Å². The smallest absolute Gasteiger partial charge is 0.239 e. The summed E-state index contributed by atoms with van der Waals surface area (Å²) >= 11 is 1.71. The molecule has 140 valence electrons. The van der Waals surface area contributed by atoms with Crippen molar-refractivity contribution >= 4 is 54.5 Å². The fraction of sp³-hybridized carbons (Fsp3) is 0.733. The molecule has 0 aromatic carbocycles. The van der Waals surface area contributed by atoms with E-state index in [9.17, 15) is 4.79 Å². The molecule has 9 heteroatoms. The average molecular weight is 418 g/mol. The van der Waals surface area contributed by atoms with E-state index in [-0.39, 0.29) is 43.3 Å². The van der Waals surface area contributed by atoms with Gasteiger partial charge in [-0.25, -0.2) is 4.98 Å². The van der Waals surface area contributed by atoms with Gasteiger partial charge in [0.2, 0.25) is 5.91 Å². The van der Waals surface area contributed by atoms with E-state index in [0.29, 0.717) is 5.91 Å². The molecule has 24 heavy (non-hydrogen) atoms. The van der Waals surface area contributed by atoms with Crippen LogP contribution >= 0.6 is 48.6 Å². The Morgan fingerprint density at radius 3 is 2.50 bits per heavy atom. The summed E-state index contributed by atoms with van der Waals surface area (Å²) in [7, 11) is 0. The van der Waals surface area contributed by atoms with Crippen LogP contribution in [-0.2, 0) is 11.3 Å².